The first-order valence-corrected chi connectivity index (χ1v) is 17.2. The van der Waals surface area contributed by atoms with Crippen molar-refractivity contribution in [2.24, 2.45) is 5.92 Å². The van der Waals surface area contributed by atoms with E-state index in [1.54, 1.807) is 0 Å². The fourth-order valence-corrected chi connectivity index (χ4v) is 19.9. The summed E-state index contributed by atoms with van der Waals surface area (Å²) >= 11 is -2.22. The van der Waals surface area contributed by atoms with Crippen molar-refractivity contribution in [1.82, 2.24) is 5.32 Å². The fourth-order valence-electron chi connectivity index (χ4n) is 3.58. The molecule has 1 aliphatic heterocycles. The van der Waals surface area contributed by atoms with Gasteiger partial charge < -0.3 is 0 Å². The van der Waals surface area contributed by atoms with Gasteiger partial charge in [0, 0.05) is 0 Å². The van der Waals surface area contributed by atoms with E-state index in [0.717, 1.165) is 6.61 Å². The molecule has 2 atom stereocenters. The quantitative estimate of drug-likeness (QED) is 0.469. The number of rotatable bonds is 11. The van der Waals surface area contributed by atoms with E-state index in [-0.39, 0.29) is 0 Å². The average molecular weight is 404 g/mol. The Morgan fingerprint density at radius 3 is 1.76 bits per heavy atom. The van der Waals surface area contributed by atoms with Crippen LogP contribution in [0.1, 0.15) is 73.1 Å². The molecule has 3 heteroatoms. The Morgan fingerprint density at radius 2 is 1.43 bits per heavy atom. The van der Waals surface area contributed by atoms with E-state index in [0.29, 0.717) is 16.2 Å². The molecule has 0 spiro atoms. The molecule has 1 aliphatic rings. The van der Waals surface area contributed by atoms with Gasteiger partial charge in [-0.15, -0.1) is 0 Å². The summed E-state index contributed by atoms with van der Waals surface area (Å²) < 4.78 is 11.5. The van der Waals surface area contributed by atoms with Crippen molar-refractivity contribution in [3.05, 3.63) is 0 Å². The Labute approximate surface area is 137 Å². The molecule has 1 heterocycles. The number of ether oxygens (including phenoxy) is 1. The Kier molecular flexibility index (Phi) is 9.87. The monoisotopic (exact) mass is 405 g/mol. The molecule has 0 aromatic rings. The van der Waals surface area contributed by atoms with Crippen molar-refractivity contribution in [1.29, 1.82) is 0 Å². The molecule has 21 heavy (non-hydrogen) atoms. The molecule has 1 rings (SSSR count). The fraction of sp³-hybridized carbons (Fsp3) is 1.00. The molecule has 0 radical (unpaired) electrons. The van der Waals surface area contributed by atoms with Crippen molar-refractivity contribution in [2.75, 3.05) is 6.61 Å². The zero-order valence-corrected chi connectivity index (χ0v) is 18.1. The summed E-state index contributed by atoms with van der Waals surface area (Å²) in [6.45, 7) is 12.6. The van der Waals surface area contributed by atoms with Gasteiger partial charge >= 0.3 is 138 Å². The van der Waals surface area contributed by atoms with Crippen molar-refractivity contribution in [2.45, 2.75) is 96.7 Å². The van der Waals surface area contributed by atoms with Gasteiger partial charge in [-0.3, -0.25) is 0 Å². The van der Waals surface area contributed by atoms with E-state index in [1.165, 1.54) is 51.8 Å². The van der Waals surface area contributed by atoms with E-state index in [1.807, 2.05) is 0 Å². The second-order valence-corrected chi connectivity index (χ2v) is 21.0. The maximum atomic E-state index is 6.37. The van der Waals surface area contributed by atoms with Gasteiger partial charge in [-0.25, -0.2) is 0 Å². The summed E-state index contributed by atoms with van der Waals surface area (Å²) in [6, 6.07) is 0.593. The number of hydrogen-bond donors (Lipinski definition) is 1. The van der Waals surface area contributed by atoms with E-state index in [4.69, 9.17) is 4.74 Å². The molecule has 0 saturated carbocycles. The zero-order valence-electron chi connectivity index (χ0n) is 15.2. The van der Waals surface area contributed by atoms with Gasteiger partial charge in [-0.1, -0.05) is 0 Å². The molecular weight excluding hydrogens is 365 g/mol. The first-order chi connectivity index (χ1) is 10.1. The minimum atomic E-state index is -2.22. The van der Waals surface area contributed by atoms with Crippen LogP contribution in [-0.4, -0.2) is 35.3 Å². The van der Waals surface area contributed by atoms with Gasteiger partial charge in [-0.05, 0) is 0 Å². The molecule has 2 nitrogen and oxygen atoms in total. The summed E-state index contributed by atoms with van der Waals surface area (Å²) in [5.41, 5.74) is 0. The predicted molar refractivity (Wildman–Crippen MR) is 96.4 cm³/mol. The molecule has 1 saturated heterocycles. The van der Waals surface area contributed by atoms with Crippen LogP contribution < -0.4 is 5.32 Å². The van der Waals surface area contributed by atoms with Crippen LogP contribution in [0.3, 0.4) is 0 Å². The molecule has 0 aliphatic carbocycles. The first kappa shape index (κ1) is 19.8. The van der Waals surface area contributed by atoms with Crippen LogP contribution in [0.2, 0.25) is 13.3 Å². The van der Waals surface area contributed by atoms with E-state index in [9.17, 15) is 0 Å². The molecule has 1 unspecified atom stereocenters. The van der Waals surface area contributed by atoms with Crippen molar-refractivity contribution in [3.63, 3.8) is 0 Å². The van der Waals surface area contributed by atoms with Crippen LogP contribution in [-0.2, 0) is 4.74 Å². The summed E-state index contributed by atoms with van der Waals surface area (Å²) in [4.78, 5) is 0. The normalized spacial score (nSPS) is 23.1. The van der Waals surface area contributed by atoms with Gasteiger partial charge in [0.2, 0.25) is 0 Å². The van der Waals surface area contributed by atoms with Crippen molar-refractivity contribution < 1.29 is 4.74 Å². The average Bonchev–Trinajstić information content (AvgIpc) is 2.97. The molecule has 126 valence electrons. The van der Waals surface area contributed by atoms with Crippen molar-refractivity contribution >= 4 is 18.4 Å². The minimum absolute atomic E-state index is 0.497. The standard InChI is InChI=1S/C6H12NO.3C4H9.Sn/c1-5(2)6-3-8-4-7-6;3*1-3-4-2;/h4-7H,3H2,1-2H3;3*1,3-4H2,2H3;/t6-;;;;/m1..../s1. The van der Waals surface area contributed by atoms with Gasteiger partial charge in [0.05, 0.1) is 0 Å². The summed E-state index contributed by atoms with van der Waals surface area (Å²) in [6.07, 6.45) is 8.32. The first-order valence-electron chi connectivity index (χ1n) is 9.47. The van der Waals surface area contributed by atoms with E-state index in [2.05, 4.69) is 39.9 Å². The number of hydrogen-bond acceptors (Lipinski definition) is 2. The topological polar surface area (TPSA) is 21.3 Å². The SMILES string of the molecule is CCC[CH2][Sn]([CH2]CCC)([CH2]CCC)[CH]1N[C@@H](C(C)C)CO1. The van der Waals surface area contributed by atoms with Crippen LogP contribution in [0.25, 0.3) is 0 Å². The van der Waals surface area contributed by atoms with Gasteiger partial charge in [0.1, 0.15) is 0 Å². The summed E-state index contributed by atoms with van der Waals surface area (Å²) in [5, 5.41) is 3.93. The Hall–Kier alpha value is 0.719. The second kappa shape index (κ2) is 10.5. The van der Waals surface area contributed by atoms with Gasteiger partial charge in [-0.2, -0.15) is 0 Å². The number of nitrogens with one attached hydrogen (secondary N) is 1. The van der Waals surface area contributed by atoms with Crippen LogP contribution in [0.5, 0.6) is 0 Å². The Bertz CT molecular complexity index is 248. The summed E-state index contributed by atoms with van der Waals surface area (Å²) in [7, 11) is 0. The van der Waals surface area contributed by atoms with Crippen molar-refractivity contribution in [3.8, 4) is 0 Å². The zero-order chi connectivity index (χ0) is 15.7. The van der Waals surface area contributed by atoms with Gasteiger partial charge in [0.15, 0.2) is 0 Å². The third kappa shape index (κ3) is 6.02. The predicted octanol–water partition coefficient (Wildman–Crippen LogP) is 5.35. The third-order valence-corrected chi connectivity index (χ3v) is 20.9. The molecule has 0 aromatic carbocycles. The molecular formula is C18H39NOSn. The van der Waals surface area contributed by atoms with E-state index < -0.39 is 18.4 Å². The van der Waals surface area contributed by atoms with Crippen LogP contribution in [0.15, 0.2) is 0 Å². The molecule has 1 fully saturated rings. The number of unbranched alkanes of at least 4 members (excludes halogenated alkanes) is 3. The van der Waals surface area contributed by atoms with Crippen LogP contribution in [0, 0.1) is 5.92 Å². The molecule has 1 N–H and O–H groups in total. The molecule has 0 bridgehead atoms. The maximum absolute atomic E-state index is 6.37. The molecule has 0 aromatic heterocycles. The Morgan fingerprint density at radius 1 is 0.952 bits per heavy atom. The Balaban J connectivity index is 2.80. The van der Waals surface area contributed by atoms with Crippen LogP contribution >= 0.6 is 0 Å². The summed E-state index contributed by atoms with van der Waals surface area (Å²) in [5.74, 6) is 0.697. The molecule has 0 amide bonds. The van der Waals surface area contributed by atoms with E-state index >= 15 is 0 Å². The van der Waals surface area contributed by atoms with Crippen LogP contribution in [0.4, 0.5) is 0 Å². The van der Waals surface area contributed by atoms with Gasteiger partial charge in [0.25, 0.3) is 0 Å². The second-order valence-electron chi connectivity index (χ2n) is 7.40. The third-order valence-electron chi connectivity index (χ3n) is 5.25.